The molecule has 0 aliphatic carbocycles. The molecule has 0 bridgehead atoms. The highest BCUT2D eigenvalue weighted by Gasteiger charge is 2.23. The molecule has 1 unspecified atom stereocenters. The van der Waals surface area contributed by atoms with Crippen molar-refractivity contribution in [3.8, 4) is 0 Å². The van der Waals surface area contributed by atoms with E-state index in [1.807, 2.05) is 0 Å². The number of halogens is 1. The van der Waals surface area contributed by atoms with Gasteiger partial charge in [-0.25, -0.2) is 4.79 Å². The van der Waals surface area contributed by atoms with Gasteiger partial charge in [0.1, 0.15) is 0 Å². The summed E-state index contributed by atoms with van der Waals surface area (Å²) in [5.41, 5.74) is 0. The summed E-state index contributed by atoms with van der Waals surface area (Å²) in [7, 11) is 0. The van der Waals surface area contributed by atoms with Gasteiger partial charge in [0, 0.05) is 4.47 Å². The standard InChI is InChI=1S/C8H9BrO4S/c9-5-1-4-14-7(5)6(8(11)12)13-3-2-10/h1,4,6,10H,2-3H2,(H,11,12). The Morgan fingerprint density at radius 3 is 2.86 bits per heavy atom. The second-order valence-corrected chi connectivity index (χ2v) is 4.25. The van der Waals surface area contributed by atoms with Crippen LogP contribution in [0.5, 0.6) is 0 Å². The number of hydrogen-bond donors (Lipinski definition) is 2. The lowest BCUT2D eigenvalue weighted by Crippen LogP contribution is -2.16. The van der Waals surface area contributed by atoms with Gasteiger partial charge in [-0.3, -0.25) is 0 Å². The number of carboxylic acids is 1. The highest BCUT2D eigenvalue weighted by atomic mass is 79.9. The van der Waals surface area contributed by atoms with Crippen LogP contribution in [-0.2, 0) is 9.53 Å². The fraction of sp³-hybridized carbons (Fsp3) is 0.375. The minimum Gasteiger partial charge on any atom is -0.479 e. The Hall–Kier alpha value is -0.430. The van der Waals surface area contributed by atoms with Crippen molar-refractivity contribution < 1.29 is 19.7 Å². The fourth-order valence-electron chi connectivity index (χ4n) is 0.922. The predicted molar refractivity (Wildman–Crippen MR) is 55.4 cm³/mol. The summed E-state index contributed by atoms with van der Waals surface area (Å²) < 4.78 is 5.72. The van der Waals surface area contributed by atoms with Gasteiger partial charge in [-0.05, 0) is 27.4 Å². The summed E-state index contributed by atoms with van der Waals surface area (Å²) in [6.07, 6.45) is -1.00. The first kappa shape index (κ1) is 11.6. The molecule has 0 spiro atoms. The Kier molecular flexibility index (Phi) is 4.53. The van der Waals surface area contributed by atoms with E-state index in [-0.39, 0.29) is 13.2 Å². The first-order valence-electron chi connectivity index (χ1n) is 3.85. The lowest BCUT2D eigenvalue weighted by atomic mass is 10.3. The van der Waals surface area contributed by atoms with Gasteiger partial charge in [0.2, 0.25) is 0 Å². The maximum absolute atomic E-state index is 10.8. The molecule has 0 saturated heterocycles. The fourth-order valence-corrected chi connectivity index (χ4v) is 2.54. The van der Waals surface area contributed by atoms with Crippen LogP contribution in [0.2, 0.25) is 0 Å². The van der Waals surface area contributed by atoms with E-state index < -0.39 is 12.1 Å². The number of hydrogen-bond acceptors (Lipinski definition) is 4. The van der Waals surface area contributed by atoms with Crippen LogP contribution in [0.1, 0.15) is 11.0 Å². The van der Waals surface area contributed by atoms with Crippen LogP contribution in [0.25, 0.3) is 0 Å². The molecule has 1 aromatic rings. The second-order valence-electron chi connectivity index (χ2n) is 2.45. The highest BCUT2D eigenvalue weighted by Crippen LogP contribution is 2.31. The van der Waals surface area contributed by atoms with Gasteiger partial charge in [-0.2, -0.15) is 0 Å². The largest absolute Gasteiger partial charge is 0.479 e. The van der Waals surface area contributed by atoms with Crippen LogP contribution < -0.4 is 0 Å². The number of ether oxygens (including phenoxy) is 1. The van der Waals surface area contributed by atoms with Crippen molar-refractivity contribution in [2.24, 2.45) is 0 Å². The normalized spacial score (nSPS) is 12.7. The van der Waals surface area contributed by atoms with E-state index in [4.69, 9.17) is 14.9 Å². The van der Waals surface area contributed by atoms with Crippen LogP contribution in [0.15, 0.2) is 15.9 Å². The van der Waals surface area contributed by atoms with Gasteiger partial charge >= 0.3 is 5.97 Å². The van der Waals surface area contributed by atoms with Crippen molar-refractivity contribution in [2.75, 3.05) is 13.2 Å². The summed E-state index contributed by atoms with van der Waals surface area (Å²) in [4.78, 5) is 11.4. The van der Waals surface area contributed by atoms with Crippen molar-refractivity contribution >= 4 is 33.2 Å². The number of aliphatic hydroxyl groups is 1. The monoisotopic (exact) mass is 280 g/mol. The molecule has 2 N–H and O–H groups in total. The van der Waals surface area contributed by atoms with E-state index >= 15 is 0 Å². The molecular formula is C8H9BrO4S. The maximum atomic E-state index is 10.8. The predicted octanol–water partition coefficient (Wildman–Crippen LogP) is 1.65. The minimum atomic E-state index is -1.05. The van der Waals surface area contributed by atoms with Crippen LogP contribution in [0.3, 0.4) is 0 Å². The topological polar surface area (TPSA) is 66.8 Å². The van der Waals surface area contributed by atoms with Crippen molar-refractivity contribution in [3.05, 3.63) is 20.8 Å². The average molecular weight is 281 g/mol. The number of carbonyl (C=O) groups is 1. The molecule has 0 aromatic carbocycles. The molecule has 0 aliphatic rings. The summed E-state index contributed by atoms with van der Waals surface area (Å²) in [6, 6.07) is 1.76. The van der Waals surface area contributed by atoms with Gasteiger partial charge in [-0.15, -0.1) is 11.3 Å². The molecule has 0 radical (unpaired) electrons. The van der Waals surface area contributed by atoms with Gasteiger partial charge < -0.3 is 14.9 Å². The van der Waals surface area contributed by atoms with Crippen LogP contribution >= 0.6 is 27.3 Å². The average Bonchev–Trinajstić information content (AvgIpc) is 2.52. The lowest BCUT2D eigenvalue weighted by molar-refractivity contribution is -0.151. The Labute approximate surface area is 93.3 Å². The number of aliphatic hydroxyl groups excluding tert-OH is 1. The Morgan fingerprint density at radius 1 is 1.71 bits per heavy atom. The Bertz CT molecular complexity index is 312. The zero-order chi connectivity index (χ0) is 10.6. The number of thiophene rings is 1. The summed E-state index contributed by atoms with van der Waals surface area (Å²) in [6.45, 7) is -0.173. The minimum absolute atomic E-state index is 0.0152. The summed E-state index contributed by atoms with van der Waals surface area (Å²) in [5, 5.41) is 19.2. The van der Waals surface area contributed by atoms with Crippen molar-refractivity contribution in [2.45, 2.75) is 6.10 Å². The smallest absolute Gasteiger partial charge is 0.338 e. The number of aliphatic carboxylic acids is 1. The van der Waals surface area contributed by atoms with Gasteiger partial charge in [0.15, 0.2) is 6.10 Å². The van der Waals surface area contributed by atoms with Gasteiger partial charge in [-0.1, -0.05) is 0 Å². The number of carboxylic acid groups (broad SMARTS) is 1. The third kappa shape index (κ3) is 2.78. The molecule has 4 nitrogen and oxygen atoms in total. The van der Waals surface area contributed by atoms with E-state index in [0.717, 1.165) is 0 Å². The van der Waals surface area contributed by atoms with Crippen LogP contribution in [0.4, 0.5) is 0 Å². The molecule has 0 aliphatic heterocycles. The van der Waals surface area contributed by atoms with E-state index in [2.05, 4.69) is 15.9 Å². The van der Waals surface area contributed by atoms with Crippen LogP contribution in [0, 0.1) is 0 Å². The molecule has 1 heterocycles. The molecule has 1 aromatic heterocycles. The zero-order valence-electron chi connectivity index (χ0n) is 7.14. The van der Waals surface area contributed by atoms with Crippen molar-refractivity contribution in [3.63, 3.8) is 0 Å². The maximum Gasteiger partial charge on any atom is 0.338 e. The zero-order valence-corrected chi connectivity index (χ0v) is 9.55. The molecule has 14 heavy (non-hydrogen) atoms. The van der Waals surface area contributed by atoms with Crippen LogP contribution in [-0.4, -0.2) is 29.4 Å². The molecule has 0 amide bonds. The second kappa shape index (κ2) is 5.45. The first-order chi connectivity index (χ1) is 6.66. The summed E-state index contributed by atoms with van der Waals surface area (Å²) >= 11 is 4.53. The third-order valence-electron chi connectivity index (χ3n) is 1.48. The third-order valence-corrected chi connectivity index (χ3v) is 3.40. The van der Waals surface area contributed by atoms with Gasteiger partial charge in [0.25, 0.3) is 0 Å². The molecule has 0 fully saturated rings. The SMILES string of the molecule is O=C(O)C(OCCO)c1sccc1Br. The van der Waals surface area contributed by atoms with E-state index in [1.54, 1.807) is 11.4 Å². The highest BCUT2D eigenvalue weighted by molar-refractivity contribution is 9.10. The van der Waals surface area contributed by atoms with Crippen molar-refractivity contribution in [1.29, 1.82) is 0 Å². The van der Waals surface area contributed by atoms with Gasteiger partial charge in [0.05, 0.1) is 18.1 Å². The van der Waals surface area contributed by atoms with E-state index in [9.17, 15) is 4.79 Å². The summed E-state index contributed by atoms with van der Waals surface area (Å²) in [5.74, 6) is -1.05. The molecule has 1 atom stereocenters. The van der Waals surface area contributed by atoms with Crippen molar-refractivity contribution in [1.82, 2.24) is 0 Å². The molecule has 1 rings (SSSR count). The molecule has 6 heteroatoms. The van der Waals surface area contributed by atoms with E-state index in [0.29, 0.717) is 9.35 Å². The number of rotatable bonds is 5. The van der Waals surface area contributed by atoms with E-state index in [1.165, 1.54) is 11.3 Å². The Morgan fingerprint density at radius 2 is 2.43 bits per heavy atom. The molecular weight excluding hydrogens is 272 g/mol. The quantitative estimate of drug-likeness (QED) is 0.861. The first-order valence-corrected chi connectivity index (χ1v) is 5.52. The lowest BCUT2D eigenvalue weighted by Gasteiger charge is -2.11. The molecule has 0 saturated carbocycles. The Balaban J connectivity index is 2.78. The molecule has 78 valence electrons.